The minimum absolute atomic E-state index is 0.670. The van der Waals surface area contributed by atoms with E-state index in [1.807, 2.05) is 59.1 Å². The fraction of sp³-hybridized carbons (Fsp3) is 0. The van der Waals surface area contributed by atoms with Gasteiger partial charge in [0.2, 0.25) is 0 Å². The predicted molar refractivity (Wildman–Crippen MR) is 236 cm³/mol. The summed E-state index contributed by atoms with van der Waals surface area (Å²) in [7, 11) is 0. The standard InChI is InChI=1S/C50H30N4S2/c1-2-10-31(11-3-1)50-53-43(34-12-8-13-35(24-34)49-51-22-9-23-52-49)30-44(54-50)38-26-36(32-18-20-47-41(28-32)39-14-4-6-16-45(39)55-47)25-37(27-38)33-19-21-48-42(29-33)40-15-5-7-17-46(40)56-48/h1-30H. The zero-order valence-electron chi connectivity index (χ0n) is 29.9. The zero-order chi connectivity index (χ0) is 37.0. The molecule has 0 amide bonds. The number of thiophene rings is 2. The molecule has 11 aromatic rings. The van der Waals surface area contributed by atoms with Crippen molar-refractivity contribution in [3.05, 3.63) is 182 Å². The van der Waals surface area contributed by atoms with Crippen LogP contribution in [0, 0.1) is 0 Å². The molecule has 11 rings (SSSR count). The molecule has 0 spiro atoms. The number of fused-ring (bicyclic) bond motifs is 6. The Labute approximate surface area is 331 Å². The maximum Gasteiger partial charge on any atom is 0.160 e. The van der Waals surface area contributed by atoms with E-state index in [9.17, 15) is 0 Å². The Hall–Kier alpha value is -6.86. The summed E-state index contributed by atoms with van der Waals surface area (Å²) in [5.41, 5.74) is 10.2. The number of benzene rings is 7. The van der Waals surface area contributed by atoms with Crippen LogP contribution in [0.1, 0.15) is 0 Å². The van der Waals surface area contributed by atoms with E-state index in [2.05, 4.69) is 143 Å². The van der Waals surface area contributed by atoms with Gasteiger partial charge < -0.3 is 0 Å². The molecule has 0 saturated heterocycles. The zero-order valence-corrected chi connectivity index (χ0v) is 31.6. The van der Waals surface area contributed by atoms with Crippen LogP contribution in [0.3, 0.4) is 0 Å². The molecule has 4 heterocycles. The Morgan fingerprint density at radius 2 is 0.786 bits per heavy atom. The van der Waals surface area contributed by atoms with Gasteiger partial charge in [0.05, 0.1) is 11.4 Å². The third kappa shape index (κ3) is 5.84. The van der Waals surface area contributed by atoms with Crippen molar-refractivity contribution in [3.63, 3.8) is 0 Å². The Bertz CT molecular complexity index is 3130. The number of hydrogen-bond donors (Lipinski definition) is 0. The van der Waals surface area contributed by atoms with E-state index in [1.165, 1.54) is 51.5 Å². The maximum atomic E-state index is 5.28. The molecule has 0 fully saturated rings. The van der Waals surface area contributed by atoms with Gasteiger partial charge in [-0.1, -0.05) is 97.1 Å². The highest BCUT2D eigenvalue weighted by molar-refractivity contribution is 7.26. The van der Waals surface area contributed by atoms with Crippen molar-refractivity contribution in [2.75, 3.05) is 0 Å². The molecule has 6 heteroatoms. The molecule has 0 aliphatic rings. The first kappa shape index (κ1) is 32.6. The van der Waals surface area contributed by atoms with Gasteiger partial charge in [-0.2, -0.15) is 0 Å². The molecule has 0 aliphatic carbocycles. The summed E-state index contributed by atoms with van der Waals surface area (Å²) in [5.74, 6) is 1.35. The van der Waals surface area contributed by atoms with Crippen molar-refractivity contribution in [2.24, 2.45) is 0 Å². The summed E-state index contributed by atoms with van der Waals surface area (Å²) in [6.07, 6.45) is 3.54. The van der Waals surface area contributed by atoms with E-state index < -0.39 is 0 Å². The van der Waals surface area contributed by atoms with Crippen LogP contribution in [0.2, 0.25) is 0 Å². The third-order valence-corrected chi connectivity index (χ3v) is 12.7. The van der Waals surface area contributed by atoms with Crippen LogP contribution < -0.4 is 0 Å². The summed E-state index contributed by atoms with van der Waals surface area (Å²) in [5, 5.41) is 5.13. The van der Waals surface area contributed by atoms with Gasteiger partial charge in [0.1, 0.15) is 0 Å². The van der Waals surface area contributed by atoms with E-state index in [1.54, 1.807) is 12.4 Å². The average Bonchev–Trinajstić information content (AvgIpc) is 3.84. The van der Waals surface area contributed by atoms with Gasteiger partial charge in [-0.3, -0.25) is 0 Å². The molecular weight excluding hydrogens is 721 g/mol. The second-order valence-electron chi connectivity index (χ2n) is 13.9. The second kappa shape index (κ2) is 13.5. The lowest BCUT2D eigenvalue weighted by atomic mass is 9.93. The van der Waals surface area contributed by atoms with E-state index in [4.69, 9.17) is 9.97 Å². The first-order valence-electron chi connectivity index (χ1n) is 18.5. The molecule has 0 N–H and O–H groups in total. The average molecular weight is 751 g/mol. The van der Waals surface area contributed by atoms with Crippen molar-refractivity contribution in [2.45, 2.75) is 0 Å². The summed E-state index contributed by atoms with van der Waals surface area (Å²) >= 11 is 3.69. The summed E-state index contributed by atoms with van der Waals surface area (Å²) in [6, 6.07) is 60.5. The van der Waals surface area contributed by atoms with E-state index in [-0.39, 0.29) is 0 Å². The molecule has 4 aromatic heterocycles. The van der Waals surface area contributed by atoms with Crippen LogP contribution in [0.4, 0.5) is 0 Å². The lowest BCUT2D eigenvalue weighted by molar-refractivity contribution is 1.17. The van der Waals surface area contributed by atoms with Crippen molar-refractivity contribution in [1.82, 2.24) is 19.9 Å². The molecule has 7 aromatic carbocycles. The topological polar surface area (TPSA) is 51.6 Å². The van der Waals surface area contributed by atoms with Gasteiger partial charge in [0.25, 0.3) is 0 Å². The fourth-order valence-corrected chi connectivity index (χ4v) is 9.82. The Morgan fingerprint density at radius 1 is 0.286 bits per heavy atom. The lowest BCUT2D eigenvalue weighted by Crippen LogP contribution is -1.97. The molecule has 0 aliphatic heterocycles. The quantitative estimate of drug-likeness (QED) is 0.170. The monoisotopic (exact) mass is 750 g/mol. The Balaban J connectivity index is 1.13. The number of aromatic nitrogens is 4. The molecule has 0 unspecified atom stereocenters. The molecule has 0 saturated carbocycles. The summed E-state index contributed by atoms with van der Waals surface area (Å²) in [4.78, 5) is 19.5. The smallest absolute Gasteiger partial charge is 0.160 e. The third-order valence-electron chi connectivity index (χ3n) is 10.4. The summed E-state index contributed by atoms with van der Waals surface area (Å²) in [6.45, 7) is 0. The van der Waals surface area contributed by atoms with Gasteiger partial charge >= 0.3 is 0 Å². The minimum Gasteiger partial charge on any atom is -0.237 e. The SMILES string of the molecule is c1ccc(-c2nc(-c3cc(-c4ccc5sc6ccccc6c5c4)cc(-c4ccc5sc6ccccc6c5c4)c3)cc(-c3cccc(-c4ncccn4)c3)n2)cc1. The van der Waals surface area contributed by atoms with Crippen molar-refractivity contribution >= 4 is 63.0 Å². The maximum absolute atomic E-state index is 5.28. The van der Waals surface area contributed by atoms with E-state index in [0.29, 0.717) is 11.6 Å². The lowest BCUT2D eigenvalue weighted by Gasteiger charge is -2.14. The Kier molecular flexibility index (Phi) is 7.83. The molecule has 56 heavy (non-hydrogen) atoms. The minimum atomic E-state index is 0.670. The van der Waals surface area contributed by atoms with Crippen molar-refractivity contribution < 1.29 is 0 Å². The van der Waals surface area contributed by atoms with E-state index >= 15 is 0 Å². The highest BCUT2D eigenvalue weighted by atomic mass is 32.1. The van der Waals surface area contributed by atoms with Gasteiger partial charge in [0, 0.05) is 75.0 Å². The highest BCUT2D eigenvalue weighted by Crippen LogP contribution is 2.41. The van der Waals surface area contributed by atoms with Gasteiger partial charge in [0.15, 0.2) is 11.6 Å². The number of nitrogens with zero attached hydrogens (tertiary/aromatic N) is 4. The first-order chi connectivity index (χ1) is 27.7. The molecular formula is C50H30N4S2. The highest BCUT2D eigenvalue weighted by Gasteiger charge is 2.16. The fourth-order valence-electron chi connectivity index (χ4n) is 7.65. The molecule has 0 radical (unpaired) electrons. The van der Waals surface area contributed by atoms with E-state index in [0.717, 1.165) is 44.8 Å². The van der Waals surface area contributed by atoms with Crippen LogP contribution in [-0.4, -0.2) is 19.9 Å². The number of hydrogen-bond acceptors (Lipinski definition) is 6. The van der Waals surface area contributed by atoms with Crippen molar-refractivity contribution in [1.29, 1.82) is 0 Å². The molecule has 4 nitrogen and oxygen atoms in total. The summed E-state index contributed by atoms with van der Waals surface area (Å²) < 4.78 is 5.18. The van der Waals surface area contributed by atoms with Crippen LogP contribution >= 0.6 is 22.7 Å². The van der Waals surface area contributed by atoms with Gasteiger partial charge in [-0.05, 0) is 95.1 Å². The second-order valence-corrected chi connectivity index (χ2v) is 16.1. The first-order valence-corrected chi connectivity index (χ1v) is 20.1. The van der Waals surface area contributed by atoms with Crippen LogP contribution in [0.5, 0.6) is 0 Å². The molecule has 0 bridgehead atoms. The largest absolute Gasteiger partial charge is 0.237 e. The van der Waals surface area contributed by atoms with Gasteiger partial charge in [-0.15, -0.1) is 22.7 Å². The predicted octanol–water partition coefficient (Wildman–Crippen LogP) is 14.0. The Morgan fingerprint density at radius 3 is 1.43 bits per heavy atom. The normalized spacial score (nSPS) is 11.6. The molecule has 262 valence electrons. The number of rotatable bonds is 6. The van der Waals surface area contributed by atoms with Gasteiger partial charge in [-0.25, -0.2) is 19.9 Å². The van der Waals surface area contributed by atoms with Crippen LogP contribution in [0.25, 0.3) is 108 Å². The van der Waals surface area contributed by atoms with Crippen LogP contribution in [-0.2, 0) is 0 Å². The van der Waals surface area contributed by atoms with Crippen LogP contribution in [0.15, 0.2) is 182 Å². The van der Waals surface area contributed by atoms with Crippen molar-refractivity contribution in [3.8, 4) is 67.5 Å². The molecule has 0 atom stereocenters.